The molecule has 0 radical (unpaired) electrons. The lowest BCUT2D eigenvalue weighted by atomic mass is 10.1. The number of rotatable bonds is 8. The van der Waals surface area contributed by atoms with Crippen molar-refractivity contribution in [2.75, 3.05) is 13.1 Å². The molecule has 3 heteroatoms. The standard InChI is InChI=1S/C16H24N2O/c1-2-10-18-16(19)9-11-17-12-13-3-5-14(6-4-13)15-7-8-15/h3-6,15,17H,2,7-12H2,1H3,(H,18,19). The van der Waals surface area contributed by atoms with E-state index in [2.05, 4.69) is 41.8 Å². The molecule has 104 valence electrons. The molecule has 0 unspecified atom stereocenters. The van der Waals surface area contributed by atoms with E-state index in [0.717, 1.165) is 32.0 Å². The molecule has 1 saturated carbocycles. The predicted octanol–water partition coefficient (Wildman–Crippen LogP) is 2.57. The molecule has 0 heterocycles. The van der Waals surface area contributed by atoms with Crippen LogP contribution >= 0.6 is 0 Å². The van der Waals surface area contributed by atoms with Gasteiger partial charge in [-0.3, -0.25) is 4.79 Å². The first-order valence-corrected chi connectivity index (χ1v) is 7.36. The fourth-order valence-electron chi connectivity index (χ4n) is 2.11. The zero-order chi connectivity index (χ0) is 13.5. The Morgan fingerprint density at radius 2 is 1.95 bits per heavy atom. The first kappa shape index (κ1) is 14.1. The highest BCUT2D eigenvalue weighted by atomic mass is 16.1. The van der Waals surface area contributed by atoms with Crippen molar-refractivity contribution in [2.24, 2.45) is 0 Å². The maximum Gasteiger partial charge on any atom is 0.221 e. The Hall–Kier alpha value is -1.35. The Morgan fingerprint density at radius 3 is 2.58 bits per heavy atom. The average molecular weight is 260 g/mol. The van der Waals surface area contributed by atoms with Gasteiger partial charge < -0.3 is 10.6 Å². The zero-order valence-electron chi connectivity index (χ0n) is 11.7. The van der Waals surface area contributed by atoms with E-state index in [1.807, 2.05) is 0 Å². The summed E-state index contributed by atoms with van der Waals surface area (Å²) in [4.78, 5) is 11.4. The van der Waals surface area contributed by atoms with E-state index in [-0.39, 0.29) is 5.91 Å². The average Bonchev–Trinajstić information content (AvgIpc) is 3.26. The second-order valence-corrected chi connectivity index (χ2v) is 5.29. The van der Waals surface area contributed by atoms with E-state index in [0.29, 0.717) is 6.42 Å². The lowest BCUT2D eigenvalue weighted by molar-refractivity contribution is -0.120. The zero-order valence-corrected chi connectivity index (χ0v) is 11.7. The molecular weight excluding hydrogens is 236 g/mol. The maximum atomic E-state index is 11.4. The summed E-state index contributed by atoms with van der Waals surface area (Å²) in [5.41, 5.74) is 2.76. The topological polar surface area (TPSA) is 41.1 Å². The van der Waals surface area contributed by atoms with Crippen molar-refractivity contribution >= 4 is 5.91 Å². The summed E-state index contributed by atoms with van der Waals surface area (Å²) in [5.74, 6) is 0.961. The van der Waals surface area contributed by atoms with Crippen molar-refractivity contribution in [1.29, 1.82) is 0 Å². The summed E-state index contributed by atoms with van der Waals surface area (Å²) < 4.78 is 0. The lowest BCUT2D eigenvalue weighted by Gasteiger charge is -2.06. The largest absolute Gasteiger partial charge is 0.356 e. The van der Waals surface area contributed by atoms with Gasteiger partial charge in [0, 0.05) is 26.1 Å². The van der Waals surface area contributed by atoms with Crippen molar-refractivity contribution in [3.05, 3.63) is 35.4 Å². The molecule has 0 bridgehead atoms. The fourth-order valence-corrected chi connectivity index (χ4v) is 2.11. The van der Waals surface area contributed by atoms with Crippen LogP contribution in [0.1, 0.15) is 49.7 Å². The normalized spacial score (nSPS) is 14.4. The molecule has 19 heavy (non-hydrogen) atoms. The maximum absolute atomic E-state index is 11.4. The third kappa shape index (κ3) is 5.03. The number of hydrogen-bond donors (Lipinski definition) is 2. The van der Waals surface area contributed by atoms with E-state index < -0.39 is 0 Å². The first-order valence-electron chi connectivity index (χ1n) is 7.36. The highest BCUT2D eigenvalue weighted by Gasteiger charge is 2.22. The van der Waals surface area contributed by atoms with Crippen LogP contribution in [0, 0.1) is 0 Å². The minimum absolute atomic E-state index is 0.137. The van der Waals surface area contributed by atoms with Gasteiger partial charge in [-0.15, -0.1) is 0 Å². The third-order valence-electron chi connectivity index (χ3n) is 3.46. The van der Waals surface area contributed by atoms with Crippen molar-refractivity contribution in [3.63, 3.8) is 0 Å². The molecule has 0 spiro atoms. The van der Waals surface area contributed by atoms with Gasteiger partial charge in [0.1, 0.15) is 0 Å². The molecule has 0 saturated heterocycles. The summed E-state index contributed by atoms with van der Waals surface area (Å²) >= 11 is 0. The number of carbonyl (C=O) groups is 1. The lowest BCUT2D eigenvalue weighted by Crippen LogP contribution is -2.28. The van der Waals surface area contributed by atoms with Gasteiger partial charge in [0.25, 0.3) is 0 Å². The molecule has 1 aliphatic rings. The highest BCUT2D eigenvalue weighted by molar-refractivity contribution is 5.75. The number of amides is 1. The van der Waals surface area contributed by atoms with Crippen LogP contribution in [0.2, 0.25) is 0 Å². The molecule has 1 fully saturated rings. The summed E-state index contributed by atoms with van der Waals surface area (Å²) in [7, 11) is 0. The molecule has 1 amide bonds. The van der Waals surface area contributed by atoms with Gasteiger partial charge in [-0.1, -0.05) is 31.2 Å². The Bertz CT molecular complexity index is 396. The highest BCUT2D eigenvalue weighted by Crippen LogP contribution is 2.39. The smallest absolute Gasteiger partial charge is 0.221 e. The van der Waals surface area contributed by atoms with Gasteiger partial charge in [0.05, 0.1) is 0 Å². The number of carbonyl (C=O) groups excluding carboxylic acids is 1. The van der Waals surface area contributed by atoms with Crippen LogP contribution in [-0.4, -0.2) is 19.0 Å². The van der Waals surface area contributed by atoms with Crippen LogP contribution in [0.25, 0.3) is 0 Å². The van der Waals surface area contributed by atoms with E-state index in [4.69, 9.17) is 0 Å². The van der Waals surface area contributed by atoms with Gasteiger partial charge in [0.15, 0.2) is 0 Å². The second-order valence-electron chi connectivity index (χ2n) is 5.29. The minimum atomic E-state index is 0.137. The first-order chi connectivity index (χ1) is 9.29. The molecule has 1 aromatic rings. The Morgan fingerprint density at radius 1 is 1.21 bits per heavy atom. The Labute approximate surface area is 115 Å². The summed E-state index contributed by atoms with van der Waals surface area (Å²) in [6.07, 6.45) is 4.25. The Kier molecular flexibility index (Phi) is 5.40. The molecular formula is C16H24N2O. The van der Waals surface area contributed by atoms with Crippen LogP contribution < -0.4 is 10.6 Å². The van der Waals surface area contributed by atoms with Gasteiger partial charge >= 0.3 is 0 Å². The van der Waals surface area contributed by atoms with Crippen LogP contribution in [0.4, 0.5) is 0 Å². The molecule has 3 nitrogen and oxygen atoms in total. The van der Waals surface area contributed by atoms with Crippen LogP contribution in [0.15, 0.2) is 24.3 Å². The quantitative estimate of drug-likeness (QED) is 0.705. The van der Waals surface area contributed by atoms with Crippen molar-refractivity contribution in [2.45, 2.75) is 45.1 Å². The van der Waals surface area contributed by atoms with Gasteiger partial charge in [-0.05, 0) is 36.3 Å². The van der Waals surface area contributed by atoms with Crippen molar-refractivity contribution in [3.8, 4) is 0 Å². The van der Waals surface area contributed by atoms with Gasteiger partial charge in [0.2, 0.25) is 5.91 Å². The number of hydrogen-bond acceptors (Lipinski definition) is 2. The molecule has 1 aromatic carbocycles. The fraction of sp³-hybridized carbons (Fsp3) is 0.562. The van der Waals surface area contributed by atoms with Crippen LogP contribution in [0.5, 0.6) is 0 Å². The number of benzene rings is 1. The molecule has 0 aromatic heterocycles. The molecule has 0 atom stereocenters. The SMILES string of the molecule is CCCNC(=O)CCNCc1ccc(C2CC2)cc1. The van der Waals surface area contributed by atoms with E-state index in [1.54, 1.807) is 0 Å². The van der Waals surface area contributed by atoms with Gasteiger partial charge in [-0.25, -0.2) is 0 Å². The molecule has 2 N–H and O–H groups in total. The molecule has 0 aliphatic heterocycles. The third-order valence-corrected chi connectivity index (χ3v) is 3.46. The molecule has 1 aliphatic carbocycles. The summed E-state index contributed by atoms with van der Waals surface area (Å²) in [6, 6.07) is 8.86. The van der Waals surface area contributed by atoms with Crippen LogP contribution in [0.3, 0.4) is 0 Å². The monoisotopic (exact) mass is 260 g/mol. The summed E-state index contributed by atoms with van der Waals surface area (Å²) in [5, 5.41) is 6.19. The van der Waals surface area contributed by atoms with Crippen LogP contribution in [-0.2, 0) is 11.3 Å². The predicted molar refractivity (Wildman–Crippen MR) is 78.0 cm³/mol. The summed E-state index contributed by atoms with van der Waals surface area (Å²) in [6.45, 7) is 4.41. The van der Waals surface area contributed by atoms with E-state index >= 15 is 0 Å². The Balaban J connectivity index is 1.61. The number of nitrogens with one attached hydrogen (secondary N) is 2. The molecule has 2 rings (SSSR count). The van der Waals surface area contributed by atoms with E-state index in [1.165, 1.54) is 24.0 Å². The second kappa shape index (κ2) is 7.29. The van der Waals surface area contributed by atoms with Gasteiger partial charge in [-0.2, -0.15) is 0 Å². The minimum Gasteiger partial charge on any atom is -0.356 e. The van der Waals surface area contributed by atoms with E-state index in [9.17, 15) is 4.79 Å². The van der Waals surface area contributed by atoms with Crippen molar-refractivity contribution < 1.29 is 4.79 Å². The van der Waals surface area contributed by atoms with Crippen molar-refractivity contribution in [1.82, 2.24) is 10.6 Å².